The maximum Gasteiger partial charge on any atom is 0.270 e. The third-order valence-corrected chi connectivity index (χ3v) is 8.15. The fraction of sp³-hybridized carbons (Fsp3) is 0.407. The molecule has 3 heterocycles. The molecule has 2 aliphatic rings. The fourth-order valence-corrected chi connectivity index (χ4v) is 5.98. The molecular formula is C27H31N5O2S2. The molecule has 7 nitrogen and oxygen atoms in total. The molecular weight excluding hydrogens is 490 g/mol. The minimum absolute atomic E-state index is 0.108. The molecule has 0 radical (unpaired) electrons. The van der Waals surface area contributed by atoms with Crippen molar-refractivity contribution in [3.8, 4) is 6.07 Å². The van der Waals surface area contributed by atoms with Crippen LogP contribution in [0, 0.1) is 18.3 Å². The number of hydrogen-bond acceptors (Lipinski definition) is 7. The quantitative estimate of drug-likeness (QED) is 0.404. The van der Waals surface area contributed by atoms with Gasteiger partial charge in [0.05, 0.1) is 4.91 Å². The summed E-state index contributed by atoms with van der Waals surface area (Å²) in [4.78, 5) is 33.0. The maximum absolute atomic E-state index is 13.1. The first-order chi connectivity index (χ1) is 17.3. The average Bonchev–Trinajstić information content (AvgIpc) is 3.15. The zero-order valence-electron chi connectivity index (χ0n) is 21.0. The Balaban J connectivity index is 1.66. The van der Waals surface area contributed by atoms with Crippen LogP contribution in [0.2, 0.25) is 0 Å². The highest BCUT2D eigenvalue weighted by Gasteiger charge is 2.33. The van der Waals surface area contributed by atoms with Crippen LogP contribution in [0.25, 0.3) is 6.08 Å². The Kier molecular flexibility index (Phi) is 8.29. The standard InChI is InChI=1S/C27H31N5O2S2/c1-4-5-11-32-26(34)23(36-27(32)35)16-21-19(2)22(17-28)25(33)29(3)24(21)31-14-12-30(13-15-31)18-20-9-7-6-8-10-20/h6-10,16H,4-5,11-15,18H2,1-3H3/b23-16-. The van der Waals surface area contributed by atoms with Crippen molar-refractivity contribution in [2.75, 3.05) is 37.6 Å². The third-order valence-electron chi connectivity index (χ3n) is 6.77. The number of thioether (sulfide) groups is 1. The molecule has 2 aromatic rings. The number of amides is 1. The van der Waals surface area contributed by atoms with Crippen LogP contribution in [0.3, 0.4) is 0 Å². The Labute approximate surface area is 222 Å². The van der Waals surface area contributed by atoms with Gasteiger partial charge in [-0.2, -0.15) is 5.26 Å². The van der Waals surface area contributed by atoms with E-state index in [1.54, 1.807) is 23.4 Å². The molecule has 0 saturated carbocycles. The summed E-state index contributed by atoms with van der Waals surface area (Å²) in [5.41, 5.74) is 2.40. The van der Waals surface area contributed by atoms with Crippen LogP contribution in [-0.4, -0.2) is 57.3 Å². The summed E-state index contributed by atoms with van der Waals surface area (Å²) in [6, 6.07) is 12.5. The summed E-state index contributed by atoms with van der Waals surface area (Å²) >= 11 is 6.77. The predicted molar refractivity (Wildman–Crippen MR) is 150 cm³/mol. The molecule has 0 spiro atoms. The van der Waals surface area contributed by atoms with Crippen LogP contribution >= 0.6 is 24.0 Å². The van der Waals surface area contributed by atoms with Gasteiger partial charge in [0.2, 0.25) is 0 Å². The van der Waals surface area contributed by atoms with Crippen molar-refractivity contribution in [1.82, 2.24) is 14.4 Å². The van der Waals surface area contributed by atoms with Crippen LogP contribution in [0.5, 0.6) is 0 Å². The van der Waals surface area contributed by atoms with E-state index < -0.39 is 0 Å². The van der Waals surface area contributed by atoms with Gasteiger partial charge in [-0.3, -0.25) is 24.0 Å². The number of thiocarbonyl (C=S) groups is 1. The van der Waals surface area contributed by atoms with Gasteiger partial charge in [0, 0.05) is 51.9 Å². The van der Waals surface area contributed by atoms with Gasteiger partial charge in [0.25, 0.3) is 11.5 Å². The van der Waals surface area contributed by atoms with E-state index in [-0.39, 0.29) is 17.0 Å². The maximum atomic E-state index is 13.1. The molecule has 1 aromatic heterocycles. The monoisotopic (exact) mass is 521 g/mol. The number of hydrogen-bond donors (Lipinski definition) is 0. The first kappa shape index (κ1) is 26.1. The smallest absolute Gasteiger partial charge is 0.270 e. The van der Waals surface area contributed by atoms with E-state index in [1.165, 1.54) is 17.3 Å². The number of anilines is 1. The van der Waals surface area contributed by atoms with Gasteiger partial charge in [-0.05, 0) is 30.5 Å². The Hall–Kier alpha value is -2.93. The molecule has 2 aliphatic heterocycles. The van der Waals surface area contributed by atoms with E-state index in [0.717, 1.165) is 56.9 Å². The number of benzene rings is 1. The van der Waals surface area contributed by atoms with Gasteiger partial charge in [0.15, 0.2) is 0 Å². The first-order valence-corrected chi connectivity index (χ1v) is 13.5. The highest BCUT2D eigenvalue weighted by molar-refractivity contribution is 8.26. The van der Waals surface area contributed by atoms with Gasteiger partial charge in [-0.15, -0.1) is 0 Å². The minimum atomic E-state index is -0.315. The SMILES string of the molecule is CCCCN1C(=O)/C(=C/c2c(C)c(C#N)c(=O)n(C)c2N2CCN(Cc3ccccc3)CC2)SC1=S. The lowest BCUT2D eigenvalue weighted by Crippen LogP contribution is -2.48. The Bertz CT molecular complexity index is 1290. The summed E-state index contributed by atoms with van der Waals surface area (Å²) < 4.78 is 2.11. The Morgan fingerprint density at radius 1 is 1.14 bits per heavy atom. The molecule has 0 aliphatic carbocycles. The molecule has 0 atom stereocenters. The molecule has 1 amide bonds. The first-order valence-electron chi connectivity index (χ1n) is 12.3. The topological polar surface area (TPSA) is 72.6 Å². The summed E-state index contributed by atoms with van der Waals surface area (Å²) in [5, 5.41) is 9.71. The molecule has 0 N–H and O–H groups in total. The lowest BCUT2D eigenvalue weighted by molar-refractivity contribution is -0.122. The molecule has 188 valence electrons. The average molecular weight is 522 g/mol. The van der Waals surface area contributed by atoms with E-state index in [4.69, 9.17) is 12.2 Å². The molecule has 36 heavy (non-hydrogen) atoms. The van der Waals surface area contributed by atoms with Crippen molar-refractivity contribution in [3.63, 3.8) is 0 Å². The number of nitriles is 1. The third kappa shape index (κ3) is 5.26. The van der Waals surface area contributed by atoms with E-state index >= 15 is 0 Å². The van der Waals surface area contributed by atoms with Crippen LogP contribution < -0.4 is 10.5 Å². The zero-order valence-corrected chi connectivity index (χ0v) is 22.6. The molecule has 2 saturated heterocycles. The van der Waals surface area contributed by atoms with Crippen LogP contribution in [0.4, 0.5) is 5.82 Å². The van der Waals surface area contributed by atoms with Crippen molar-refractivity contribution in [2.45, 2.75) is 33.2 Å². The van der Waals surface area contributed by atoms with E-state index in [9.17, 15) is 14.9 Å². The predicted octanol–water partition coefficient (Wildman–Crippen LogP) is 3.89. The van der Waals surface area contributed by atoms with E-state index in [0.29, 0.717) is 21.3 Å². The number of piperazine rings is 1. The van der Waals surface area contributed by atoms with Gasteiger partial charge >= 0.3 is 0 Å². The van der Waals surface area contributed by atoms with Crippen molar-refractivity contribution >= 4 is 46.1 Å². The number of pyridine rings is 1. The lowest BCUT2D eigenvalue weighted by Gasteiger charge is -2.37. The molecule has 2 fully saturated rings. The van der Waals surface area contributed by atoms with Crippen LogP contribution in [0.1, 0.15) is 42.0 Å². The molecule has 1 aromatic carbocycles. The fourth-order valence-electron chi connectivity index (χ4n) is 4.69. The van der Waals surface area contributed by atoms with Crippen molar-refractivity contribution in [2.24, 2.45) is 7.05 Å². The normalized spacial score (nSPS) is 17.8. The minimum Gasteiger partial charge on any atom is -0.355 e. The Morgan fingerprint density at radius 2 is 1.83 bits per heavy atom. The zero-order chi connectivity index (χ0) is 25.8. The van der Waals surface area contributed by atoms with Crippen LogP contribution in [0.15, 0.2) is 40.0 Å². The number of nitrogens with zero attached hydrogens (tertiary/aromatic N) is 5. The molecule has 0 bridgehead atoms. The molecule has 9 heteroatoms. The number of carbonyl (C=O) groups is 1. The lowest BCUT2D eigenvalue weighted by atomic mass is 10.0. The largest absolute Gasteiger partial charge is 0.355 e. The number of carbonyl (C=O) groups excluding carboxylic acids is 1. The summed E-state index contributed by atoms with van der Waals surface area (Å²) in [6.07, 6.45) is 3.68. The molecule has 0 unspecified atom stereocenters. The van der Waals surface area contributed by atoms with Crippen LogP contribution in [-0.2, 0) is 18.4 Å². The molecule has 4 rings (SSSR count). The highest BCUT2D eigenvalue weighted by atomic mass is 32.2. The van der Waals surface area contributed by atoms with Gasteiger partial charge in [0.1, 0.15) is 21.8 Å². The van der Waals surface area contributed by atoms with Gasteiger partial charge in [-0.25, -0.2) is 0 Å². The Morgan fingerprint density at radius 3 is 2.47 bits per heavy atom. The summed E-state index contributed by atoms with van der Waals surface area (Å²) in [5.74, 6) is 0.638. The van der Waals surface area contributed by atoms with Crippen molar-refractivity contribution in [1.29, 1.82) is 5.26 Å². The van der Waals surface area contributed by atoms with E-state index in [2.05, 4.69) is 47.1 Å². The number of aromatic nitrogens is 1. The van der Waals surface area contributed by atoms with Crippen molar-refractivity contribution in [3.05, 3.63) is 67.8 Å². The highest BCUT2D eigenvalue weighted by Crippen LogP contribution is 2.36. The number of unbranched alkanes of at least 4 members (excludes halogenated alkanes) is 1. The summed E-state index contributed by atoms with van der Waals surface area (Å²) in [7, 11) is 1.71. The number of rotatable bonds is 7. The van der Waals surface area contributed by atoms with E-state index in [1.807, 2.05) is 12.1 Å². The second kappa shape index (κ2) is 11.4. The van der Waals surface area contributed by atoms with Crippen molar-refractivity contribution < 1.29 is 4.79 Å². The second-order valence-electron chi connectivity index (χ2n) is 9.15. The van der Waals surface area contributed by atoms with Gasteiger partial charge < -0.3 is 4.90 Å². The second-order valence-corrected chi connectivity index (χ2v) is 10.8. The summed E-state index contributed by atoms with van der Waals surface area (Å²) in [6.45, 7) is 8.53. The van der Waals surface area contributed by atoms with Gasteiger partial charge in [-0.1, -0.05) is 67.7 Å².